The summed E-state index contributed by atoms with van der Waals surface area (Å²) in [5.74, 6) is 0. The number of aromatic nitrogens is 2. The summed E-state index contributed by atoms with van der Waals surface area (Å²) in [7, 11) is 1.99. The largest absolute Gasteiger partial charge is 0.273 e. The summed E-state index contributed by atoms with van der Waals surface area (Å²) in [5, 5.41) is 4.17. The molecule has 0 spiro atoms. The molecule has 1 heterocycles. The number of aryl methyl sites for hydroxylation is 2. The lowest BCUT2D eigenvalue weighted by Gasteiger charge is -2.09. The third-order valence-electron chi connectivity index (χ3n) is 2.74. The Morgan fingerprint density at radius 2 is 2.00 bits per heavy atom. The lowest BCUT2D eigenvalue weighted by molar-refractivity contribution is 0.681. The molecular formula is C13H15BrN2. The van der Waals surface area contributed by atoms with Crippen molar-refractivity contribution < 1.29 is 0 Å². The van der Waals surface area contributed by atoms with E-state index in [0.717, 1.165) is 12.8 Å². The van der Waals surface area contributed by atoms with Gasteiger partial charge in [0.15, 0.2) is 0 Å². The van der Waals surface area contributed by atoms with Crippen molar-refractivity contribution in [1.29, 1.82) is 0 Å². The first-order valence-corrected chi connectivity index (χ1v) is 6.35. The SMILES string of the molecule is Cn1nccc1CCC(Br)c1ccccc1. The molecule has 1 aromatic heterocycles. The second kappa shape index (κ2) is 5.30. The first kappa shape index (κ1) is 11.4. The van der Waals surface area contributed by atoms with Crippen LogP contribution in [0.25, 0.3) is 0 Å². The van der Waals surface area contributed by atoms with Crippen molar-refractivity contribution in [3.8, 4) is 0 Å². The minimum atomic E-state index is 0.420. The lowest BCUT2D eigenvalue weighted by atomic mass is 10.1. The molecule has 1 atom stereocenters. The van der Waals surface area contributed by atoms with Crippen LogP contribution in [-0.2, 0) is 13.5 Å². The number of rotatable bonds is 4. The molecule has 0 aliphatic rings. The van der Waals surface area contributed by atoms with Crippen LogP contribution < -0.4 is 0 Å². The molecule has 84 valence electrons. The second-order valence-electron chi connectivity index (χ2n) is 3.86. The Kier molecular flexibility index (Phi) is 3.78. The van der Waals surface area contributed by atoms with E-state index in [9.17, 15) is 0 Å². The normalized spacial score (nSPS) is 12.6. The summed E-state index contributed by atoms with van der Waals surface area (Å²) in [5.41, 5.74) is 2.62. The van der Waals surface area contributed by atoms with Gasteiger partial charge < -0.3 is 0 Å². The van der Waals surface area contributed by atoms with Gasteiger partial charge in [-0.25, -0.2) is 0 Å². The summed E-state index contributed by atoms with van der Waals surface area (Å²) < 4.78 is 1.94. The van der Waals surface area contributed by atoms with Gasteiger partial charge in [0.25, 0.3) is 0 Å². The van der Waals surface area contributed by atoms with Gasteiger partial charge in [0.2, 0.25) is 0 Å². The van der Waals surface area contributed by atoms with E-state index in [1.807, 2.05) is 24.0 Å². The highest BCUT2D eigenvalue weighted by Gasteiger charge is 2.08. The van der Waals surface area contributed by atoms with Crippen LogP contribution in [0.2, 0.25) is 0 Å². The van der Waals surface area contributed by atoms with Crippen LogP contribution in [0.15, 0.2) is 42.6 Å². The van der Waals surface area contributed by atoms with E-state index < -0.39 is 0 Å². The van der Waals surface area contributed by atoms with E-state index in [0.29, 0.717) is 4.83 Å². The van der Waals surface area contributed by atoms with Gasteiger partial charge in [0, 0.05) is 23.8 Å². The number of benzene rings is 1. The molecule has 0 radical (unpaired) electrons. The van der Waals surface area contributed by atoms with E-state index in [-0.39, 0.29) is 0 Å². The van der Waals surface area contributed by atoms with E-state index in [4.69, 9.17) is 0 Å². The molecule has 2 aromatic rings. The number of hydrogen-bond donors (Lipinski definition) is 0. The van der Waals surface area contributed by atoms with Gasteiger partial charge in [0.05, 0.1) is 0 Å². The van der Waals surface area contributed by atoms with Gasteiger partial charge in [-0.3, -0.25) is 4.68 Å². The van der Waals surface area contributed by atoms with Crippen LogP contribution in [0.3, 0.4) is 0 Å². The molecule has 1 unspecified atom stereocenters. The standard InChI is InChI=1S/C13H15BrN2/c1-16-12(9-10-15-16)7-8-13(14)11-5-3-2-4-6-11/h2-6,9-10,13H,7-8H2,1H3. The van der Waals surface area contributed by atoms with E-state index in [2.05, 4.69) is 51.4 Å². The highest BCUT2D eigenvalue weighted by atomic mass is 79.9. The molecule has 0 amide bonds. The average molecular weight is 279 g/mol. The van der Waals surface area contributed by atoms with Gasteiger partial charge in [-0.1, -0.05) is 46.3 Å². The van der Waals surface area contributed by atoms with Gasteiger partial charge in [-0.05, 0) is 24.5 Å². The van der Waals surface area contributed by atoms with Crippen LogP contribution >= 0.6 is 15.9 Å². The minimum absolute atomic E-state index is 0.420. The molecular weight excluding hydrogens is 264 g/mol. The maximum absolute atomic E-state index is 4.17. The van der Waals surface area contributed by atoms with E-state index in [1.54, 1.807) is 0 Å². The summed E-state index contributed by atoms with van der Waals surface area (Å²) >= 11 is 3.73. The van der Waals surface area contributed by atoms with Gasteiger partial charge in [-0.15, -0.1) is 0 Å². The van der Waals surface area contributed by atoms with Crippen LogP contribution in [0.5, 0.6) is 0 Å². The third kappa shape index (κ3) is 2.73. The van der Waals surface area contributed by atoms with Crippen molar-refractivity contribution in [1.82, 2.24) is 9.78 Å². The quantitative estimate of drug-likeness (QED) is 0.783. The molecule has 2 nitrogen and oxygen atoms in total. The summed E-state index contributed by atoms with van der Waals surface area (Å²) in [4.78, 5) is 0.420. The third-order valence-corrected chi connectivity index (χ3v) is 3.72. The first-order valence-electron chi connectivity index (χ1n) is 5.43. The number of nitrogens with zero attached hydrogens (tertiary/aromatic N) is 2. The summed E-state index contributed by atoms with van der Waals surface area (Å²) in [6.45, 7) is 0. The maximum Gasteiger partial charge on any atom is 0.0492 e. The van der Waals surface area contributed by atoms with Crippen molar-refractivity contribution in [3.05, 3.63) is 53.9 Å². The Labute approximate surface area is 104 Å². The Hall–Kier alpha value is -1.09. The Morgan fingerprint density at radius 1 is 1.25 bits per heavy atom. The van der Waals surface area contributed by atoms with Gasteiger partial charge in [-0.2, -0.15) is 5.10 Å². The molecule has 0 aliphatic carbocycles. The van der Waals surface area contributed by atoms with Gasteiger partial charge >= 0.3 is 0 Å². The van der Waals surface area contributed by atoms with Crippen LogP contribution in [-0.4, -0.2) is 9.78 Å². The monoisotopic (exact) mass is 278 g/mol. The van der Waals surface area contributed by atoms with Crippen molar-refractivity contribution in [2.45, 2.75) is 17.7 Å². The Balaban J connectivity index is 1.94. The molecule has 2 rings (SSSR count). The van der Waals surface area contributed by atoms with Crippen LogP contribution in [0.4, 0.5) is 0 Å². The smallest absolute Gasteiger partial charge is 0.0492 e. The maximum atomic E-state index is 4.17. The molecule has 0 fully saturated rings. The summed E-state index contributed by atoms with van der Waals surface area (Å²) in [6, 6.07) is 12.6. The fourth-order valence-corrected chi connectivity index (χ4v) is 2.28. The first-order chi connectivity index (χ1) is 7.77. The highest BCUT2D eigenvalue weighted by Crippen LogP contribution is 2.27. The molecule has 1 aromatic carbocycles. The highest BCUT2D eigenvalue weighted by molar-refractivity contribution is 9.09. The molecule has 0 aliphatic heterocycles. The van der Waals surface area contributed by atoms with E-state index >= 15 is 0 Å². The van der Waals surface area contributed by atoms with Crippen molar-refractivity contribution >= 4 is 15.9 Å². The molecule has 0 saturated heterocycles. The zero-order chi connectivity index (χ0) is 11.4. The van der Waals surface area contributed by atoms with Crippen LogP contribution in [0, 0.1) is 0 Å². The Bertz CT molecular complexity index is 436. The van der Waals surface area contributed by atoms with E-state index in [1.165, 1.54) is 11.3 Å². The number of hydrogen-bond acceptors (Lipinski definition) is 1. The average Bonchev–Trinajstić information content (AvgIpc) is 2.73. The molecule has 16 heavy (non-hydrogen) atoms. The predicted molar refractivity (Wildman–Crippen MR) is 69.6 cm³/mol. The predicted octanol–water partition coefficient (Wildman–Crippen LogP) is 3.49. The zero-order valence-corrected chi connectivity index (χ0v) is 10.9. The van der Waals surface area contributed by atoms with Crippen molar-refractivity contribution in [2.24, 2.45) is 7.05 Å². The number of alkyl halides is 1. The number of halogens is 1. The fraction of sp³-hybridized carbons (Fsp3) is 0.308. The molecule has 0 bridgehead atoms. The van der Waals surface area contributed by atoms with Gasteiger partial charge in [0.1, 0.15) is 0 Å². The molecule has 3 heteroatoms. The zero-order valence-electron chi connectivity index (χ0n) is 9.31. The minimum Gasteiger partial charge on any atom is -0.273 e. The Morgan fingerprint density at radius 3 is 2.62 bits per heavy atom. The molecule has 0 N–H and O–H groups in total. The fourth-order valence-electron chi connectivity index (χ4n) is 1.75. The lowest BCUT2D eigenvalue weighted by Crippen LogP contribution is -2.00. The van der Waals surface area contributed by atoms with Crippen molar-refractivity contribution in [2.75, 3.05) is 0 Å². The topological polar surface area (TPSA) is 17.8 Å². The molecule has 0 saturated carbocycles. The second-order valence-corrected chi connectivity index (χ2v) is 4.97. The van der Waals surface area contributed by atoms with Crippen LogP contribution in [0.1, 0.15) is 22.5 Å². The van der Waals surface area contributed by atoms with Crippen molar-refractivity contribution in [3.63, 3.8) is 0 Å². The summed E-state index contributed by atoms with van der Waals surface area (Å²) in [6.07, 6.45) is 3.98.